The molecule has 4 nitrogen and oxygen atoms in total. The summed E-state index contributed by atoms with van der Waals surface area (Å²) < 4.78 is 5.79. The van der Waals surface area contributed by atoms with E-state index >= 15 is 0 Å². The average molecular weight is 292 g/mol. The number of primary amides is 1. The lowest BCUT2D eigenvalue weighted by Gasteiger charge is -2.35. The fourth-order valence-corrected chi connectivity index (χ4v) is 2.36. The van der Waals surface area contributed by atoms with Gasteiger partial charge in [-0.25, -0.2) is 0 Å². The summed E-state index contributed by atoms with van der Waals surface area (Å²) in [4.78, 5) is 12.2. The zero-order valence-corrected chi connectivity index (χ0v) is 13.8. The molecule has 21 heavy (non-hydrogen) atoms. The van der Waals surface area contributed by atoms with Gasteiger partial charge in [0.1, 0.15) is 5.54 Å². The number of hydrogen-bond donors (Lipinski definition) is 2. The lowest BCUT2D eigenvalue weighted by molar-refractivity contribution is -0.127. The number of carbonyl (C=O) groups excluding carboxylic acids is 1. The van der Waals surface area contributed by atoms with E-state index in [4.69, 9.17) is 10.5 Å². The van der Waals surface area contributed by atoms with Crippen LogP contribution in [0, 0.1) is 0 Å². The van der Waals surface area contributed by atoms with Crippen LogP contribution < -0.4 is 11.1 Å². The zero-order chi connectivity index (χ0) is 16.1. The lowest BCUT2D eigenvalue weighted by atomic mass is 9.85. The van der Waals surface area contributed by atoms with Gasteiger partial charge in [-0.2, -0.15) is 0 Å². The molecule has 4 heteroatoms. The predicted molar refractivity (Wildman–Crippen MR) is 85.9 cm³/mol. The summed E-state index contributed by atoms with van der Waals surface area (Å²) in [7, 11) is 0. The minimum Gasteiger partial charge on any atom is -0.376 e. The number of carbonyl (C=O) groups is 1. The van der Waals surface area contributed by atoms with Crippen LogP contribution in [0.1, 0.15) is 46.6 Å². The van der Waals surface area contributed by atoms with E-state index in [2.05, 4.69) is 5.32 Å². The average Bonchev–Trinajstić information content (AvgIpc) is 2.36. The summed E-state index contributed by atoms with van der Waals surface area (Å²) in [5.41, 5.74) is 5.48. The molecule has 0 aromatic heterocycles. The minimum atomic E-state index is -0.902. The molecule has 0 radical (unpaired) electrons. The highest BCUT2D eigenvalue weighted by molar-refractivity contribution is 5.86. The normalized spacial score (nSPS) is 15.0. The highest BCUT2D eigenvalue weighted by atomic mass is 16.5. The van der Waals surface area contributed by atoms with Crippen molar-refractivity contribution in [2.75, 3.05) is 6.61 Å². The molecule has 1 atom stereocenters. The maximum absolute atomic E-state index is 12.2. The number of hydrogen-bond acceptors (Lipinski definition) is 3. The number of amides is 1. The first kappa shape index (κ1) is 17.7. The number of ether oxygens (including phenoxy) is 1. The molecule has 0 bridgehead atoms. The van der Waals surface area contributed by atoms with Crippen LogP contribution in [0.5, 0.6) is 0 Å². The fourth-order valence-electron chi connectivity index (χ4n) is 2.36. The van der Waals surface area contributed by atoms with Gasteiger partial charge in [0, 0.05) is 19.1 Å². The van der Waals surface area contributed by atoms with E-state index in [1.54, 1.807) is 0 Å². The van der Waals surface area contributed by atoms with Gasteiger partial charge in [0.05, 0.1) is 5.60 Å². The number of rotatable bonds is 7. The second-order valence-corrected chi connectivity index (χ2v) is 6.65. The maximum atomic E-state index is 12.2. The highest BCUT2D eigenvalue weighted by Gasteiger charge is 2.38. The molecule has 1 aromatic carbocycles. The molecule has 1 aromatic rings. The Morgan fingerprint density at radius 3 is 2.24 bits per heavy atom. The molecular formula is C17H28N2O2. The van der Waals surface area contributed by atoms with Crippen molar-refractivity contribution in [3.05, 3.63) is 35.9 Å². The molecule has 0 spiro atoms. The summed E-state index contributed by atoms with van der Waals surface area (Å²) in [5.74, 6) is -0.375. The molecule has 1 rings (SSSR count). The van der Waals surface area contributed by atoms with Crippen LogP contribution in [0.25, 0.3) is 0 Å². The van der Waals surface area contributed by atoms with Gasteiger partial charge in [-0.05, 0) is 40.2 Å². The standard InChI is InChI=1S/C17H28N2O2/c1-13(2)19-17(15(18)20,11-12-21-16(3,4)5)14-9-7-6-8-10-14/h6-10,13,19H,11-12H2,1-5H3,(H2,18,20). The number of nitrogens with two attached hydrogens (primary N) is 1. The highest BCUT2D eigenvalue weighted by Crippen LogP contribution is 2.26. The first-order chi connectivity index (χ1) is 9.67. The third-order valence-corrected chi connectivity index (χ3v) is 3.23. The van der Waals surface area contributed by atoms with Crippen LogP contribution in [-0.4, -0.2) is 24.2 Å². The SMILES string of the molecule is CC(C)NC(CCOC(C)(C)C)(C(N)=O)c1ccccc1. The molecule has 1 amide bonds. The Labute approximate surface area is 128 Å². The van der Waals surface area contributed by atoms with E-state index in [-0.39, 0.29) is 17.6 Å². The van der Waals surface area contributed by atoms with Crippen molar-refractivity contribution in [2.24, 2.45) is 5.73 Å². The van der Waals surface area contributed by atoms with Gasteiger partial charge in [-0.15, -0.1) is 0 Å². The van der Waals surface area contributed by atoms with Crippen LogP contribution in [0.15, 0.2) is 30.3 Å². The van der Waals surface area contributed by atoms with E-state index in [1.807, 2.05) is 65.0 Å². The van der Waals surface area contributed by atoms with E-state index in [1.165, 1.54) is 0 Å². The Bertz CT molecular complexity index is 452. The molecule has 0 saturated heterocycles. The third-order valence-electron chi connectivity index (χ3n) is 3.23. The topological polar surface area (TPSA) is 64.3 Å². The van der Waals surface area contributed by atoms with E-state index in [0.717, 1.165) is 5.56 Å². The molecule has 0 heterocycles. The Hall–Kier alpha value is -1.39. The summed E-state index contributed by atoms with van der Waals surface area (Å²) in [6.07, 6.45) is 0.502. The summed E-state index contributed by atoms with van der Waals surface area (Å²) in [6, 6.07) is 9.75. The van der Waals surface area contributed by atoms with Crippen molar-refractivity contribution < 1.29 is 9.53 Å². The van der Waals surface area contributed by atoms with Crippen molar-refractivity contribution in [2.45, 2.75) is 58.2 Å². The van der Waals surface area contributed by atoms with Gasteiger partial charge in [-0.1, -0.05) is 30.3 Å². The molecule has 0 aliphatic carbocycles. The molecular weight excluding hydrogens is 264 g/mol. The van der Waals surface area contributed by atoms with Crippen molar-refractivity contribution in [1.29, 1.82) is 0 Å². The maximum Gasteiger partial charge on any atom is 0.242 e. The van der Waals surface area contributed by atoms with Crippen molar-refractivity contribution in [1.82, 2.24) is 5.32 Å². The second kappa shape index (κ2) is 7.05. The Morgan fingerprint density at radius 2 is 1.81 bits per heavy atom. The first-order valence-corrected chi connectivity index (χ1v) is 7.44. The van der Waals surface area contributed by atoms with Gasteiger partial charge >= 0.3 is 0 Å². The van der Waals surface area contributed by atoms with Gasteiger partial charge in [0.2, 0.25) is 5.91 Å². The predicted octanol–water partition coefficient (Wildman–Crippen LogP) is 2.57. The van der Waals surface area contributed by atoms with Gasteiger partial charge in [0.15, 0.2) is 0 Å². The minimum absolute atomic E-state index is 0.132. The number of benzene rings is 1. The van der Waals surface area contributed by atoms with Crippen LogP contribution in [-0.2, 0) is 15.1 Å². The Kier molecular flexibility index (Phi) is 5.93. The Morgan fingerprint density at radius 1 is 1.24 bits per heavy atom. The van der Waals surface area contributed by atoms with Crippen LogP contribution in [0.2, 0.25) is 0 Å². The largest absolute Gasteiger partial charge is 0.376 e. The molecule has 0 aliphatic rings. The fraction of sp³-hybridized carbons (Fsp3) is 0.588. The van der Waals surface area contributed by atoms with Crippen LogP contribution in [0.3, 0.4) is 0 Å². The van der Waals surface area contributed by atoms with Gasteiger partial charge in [0.25, 0.3) is 0 Å². The quantitative estimate of drug-likeness (QED) is 0.812. The molecule has 1 unspecified atom stereocenters. The summed E-state index contributed by atoms with van der Waals surface area (Å²) in [5, 5.41) is 3.34. The monoisotopic (exact) mass is 292 g/mol. The zero-order valence-electron chi connectivity index (χ0n) is 13.8. The smallest absolute Gasteiger partial charge is 0.242 e. The lowest BCUT2D eigenvalue weighted by Crippen LogP contribution is -2.55. The van der Waals surface area contributed by atoms with Gasteiger partial charge < -0.3 is 10.5 Å². The van der Waals surface area contributed by atoms with Crippen molar-refractivity contribution in [3.8, 4) is 0 Å². The van der Waals surface area contributed by atoms with E-state index < -0.39 is 5.54 Å². The van der Waals surface area contributed by atoms with E-state index in [9.17, 15) is 4.79 Å². The Balaban J connectivity index is 3.05. The van der Waals surface area contributed by atoms with E-state index in [0.29, 0.717) is 13.0 Å². The second-order valence-electron chi connectivity index (χ2n) is 6.65. The van der Waals surface area contributed by atoms with Gasteiger partial charge in [-0.3, -0.25) is 10.1 Å². The molecule has 118 valence electrons. The summed E-state index contributed by atoms with van der Waals surface area (Å²) in [6.45, 7) is 10.5. The molecule has 3 N–H and O–H groups in total. The molecule has 0 fully saturated rings. The van der Waals surface area contributed by atoms with Crippen LogP contribution in [0.4, 0.5) is 0 Å². The summed E-state index contributed by atoms with van der Waals surface area (Å²) >= 11 is 0. The van der Waals surface area contributed by atoms with Crippen molar-refractivity contribution in [3.63, 3.8) is 0 Å². The van der Waals surface area contributed by atoms with Crippen LogP contribution >= 0.6 is 0 Å². The third kappa shape index (κ3) is 5.14. The first-order valence-electron chi connectivity index (χ1n) is 7.44. The number of nitrogens with one attached hydrogen (secondary N) is 1. The van der Waals surface area contributed by atoms with Crippen molar-refractivity contribution >= 4 is 5.91 Å². The molecule has 0 aliphatic heterocycles. The molecule has 0 saturated carbocycles.